The molecule has 0 aromatic rings. The number of carbonyl (C=O) groups is 1. The van der Waals surface area contributed by atoms with E-state index in [1.807, 2.05) is 27.7 Å². The number of carbonyl (C=O) groups excluding carboxylic acids is 1. The van der Waals surface area contributed by atoms with Crippen LogP contribution in [-0.4, -0.2) is 18.6 Å². The number of rotatable bonds is 3. The average Bonchev–Trinajstić information content (AvgIpc) is 1.97. The van der Waals surface area contributed by atoms with Crippen molar-refractivity contribution in [2.45, 2.75) is 40.2 Å². The van der Waals surface area contributed by atoms with Crippen LogP contribution in [0.5, 0.6) is 0 Å². The highest BCUT2D eigenvalue weighted by Crippen LogP contribution is 2.13. The minimum Gasteiger partial charge on any atom is -0.464 e. The zero-order valence-electron chi connectivity index (χ0n) is 8.39. The Morgan fingerprint density at radius 3 is 2.33 bits per heavy atom. The van der Waals surface area contributed by atoms with Crippen LogP contribution in [0, 0.1) is 5.41 Å². The summed E-state index contributed by atoms with van der Waals surface area (Å²) in [5.41, 5.74) is 5.49. The van der Waals surface area contributed by atoms with Crippen LogP contribution in [0.25, 0.3) is 0 Å². The number of hydrogen-bond donors (Lipinski definition) is 1. The van der Waals surface area contributed by atoms with E-state index in [0.29, 0.717) is 13.0 Å². The number of ether oxygens (including phenoxy) is 1. The minimum atomic E-state index is -0.465. The molecule has 3 nitrogen and oxygen atoms in total. The topological polar surface area (TPSA) is 52.3 Å². The average molecular weight is 173 g/mol. The molecule has 72 valence electrons. The monoisotopic (exact) mass is 173 g/mol. The molecule has 0 aliphatic carbocycles. The van der Waals surface area contributed by atoms with Crippen LogP contribution in [0.4, 0.5) is 0 Å². The van der Waals surface area contributed by atoms with Gasteiger partial charge in [-0.3, -0.25) is 4.79 Å². The zero-order chi connectivity index (χ0) is 9.78. The fourth-order valence-electron chi connectivity index (χ4n) is 0.561. The molecule has 0 aliphatic heterocycles. The molecule has 0 aliphatic rings. The van der Waals surface area contributed by atoms with Crippen molar-refractivity contribution >= 4 is 5.97 Å². The third-order valence-electron chi connectivity index (χ3n) is 1.39. The first-order valence-corrected chi connectivity index (χ1v) is 4.29. The van der Waals surface area contributed by atoms with Crippen molar-refractivity contribution in [1.82, 2.24) is 0 Å². The van der Waals surface area contributed by atoms with Crippen molar-refractivity contribution in [2.24, 2.45) is 11.1 Å². The number of nitrogens with two attached hydrogens (primary N) is 1. The van der Waals surface area contributed by atoms with Gasteiger partial charge in [0.1, 0.15) is 6.04 Å². The molecule has 0 radical (unpaired) electrons. The Hall–Kier alpha value is -0.570. The molecule has 3 heteroatoms. The normalized spacial score (nSPS) is 14.1. The highest BCUT2D eigenvalue weighted by atomic mass is 16.5. The summed E-state index contributed by atoms with van der Waals surface area (Å²) in [5, 5.41) is 0. The second kappa shape index (κ2) is 4.45. The third kappa shape index (κ3) is 5.13. The van der Waals surface area contributed by atoms with Crippen LogP contribution in [0.15, 0.2) is 0 Å². The molecule has 0 spiro atoms. The van der Waals surface area contributed by atoms with E-state index in [0.717, 1.165) is 0 Å². The molecule has 0 bridgehead atoms. The lowest BCUT2D eigenvalue weighted by atomic mass is 9.99. The van der Waals surface area contributed by atoms with Gasteiger partial charge in [0.15, 0.2) is 0 Å². The van der Waals surface area contributed by atoms with Gasteiger partial charge in [-0.2, -0.15) is 0 Å². The Morgan fingerprint density at radius 1 is 1.50 bits per heavy atom. The standard InChI is InChI=1S/C9H19NO2/c1-5-7(10)8(11)12-6-9(2,3)4/h7H,5-6,10H2,1-4H3. The predicted octanol–water partition coefficient (Wildman–Crippen LogP) is 1.31. The van der Waals surface area contributed by atoms with Crippen molar-refractivity contribution in [3.8, 4) is 0 Å². The maximum absolute atomic E-state index is 11.1. The van der Waals surface area contributed by atoms with E-state index >= 15 is 0 Å². The van der Waals surface area contributed by atoms with Gasteiger partial charge in [0.05, 0.1) is 6.61 Å². The van der Waals surface area contributed by atoms with Gasteiger partial charge < -0.3 is 10.5 Å². The summed E-state index contributed by atoms with van der Waals surface area (Å²) in [6.45, 7) is 8.33. The van der Waals surface area contributed by atoms with Gasteiger partial charge in [-0.25, -0.2) is 0 Å². The number of esters is 1. The van der Waals surface area contributed by atoms with Gasteiger partial charge in [0.25, 0.3) is 0 Å². The Morgan fingerprint density at radius 2 is 2.00 bits per heavy atom. The van der Waals surface area contributed by atoms with Gasteiger partial charge >= 0.3 is 5.97 Å². The molecule has 0 aromatic carbocycles. The molecule has 1 unspecified atom stereocenters. The van der Waals surface area contributed by atoms with Crippen LogP contribution in [-0.2, 0) is 9.53 Å². The molecule has 12 heavy (non-hydrogen) atoms. The lowest BCUT2D eigenvalue weighted by Crippen LogP contribution is -2.33. The van der Waals surface area contributed by atoms with E-state index in [9.17, 15) is 4.79 Å². The van der Waals surface area contributed by atoms with Crippen molar-refractivity contribution in [2.75, 3.05) is 6.61 Å². The van der Waals surface area contributed by atoms with Crippen LogP contribution in [0.1, 0.15) is 34.1 Å². The summed E-state index contributed by atoms with van der Waals surface area (Å²) in [6.07, 6.45) is 0.628. The van der Waals surface area contributed by atoms with Crippen molar-refractivity contribution < 1.29 is 9.53 Å². The van der Waals surface area contributed by atoms with E-state index < -0.39 is 6.04 Å². The quantitative estimate of drug-likeness (QED) is 0.655. The van der Waals surface area contributed by atoms with Crippen molar-refractivity contribution in [3.05, 3.63) is 0 Å². The maximum atomic E-state index is 11.1. The molecule has 0 saturated heterocycles. The first-order chi connectivity index (χ1) is 5.37. The Kier molecular flexibility index (Phi) is 4.24. The van der Waals surface area contributed by atoms with E-state index in [1.165, 1.54) is 0 Å². The molecular weight excluding hydrogens is 154 g/mol. The molecule has 0 rings (SSSR count). The Bertz CT molecular complexity index is 149. The lowest BCUT2D eigenvalue weighted by molar-refractivity contribution is -0.148. The summed E-state index contributed by atoms with van der Waals surface area (Å²) >= 11 is 0. The molecule has 0 saturated carbocycles. The molecule has 1 atom stereocenters. The van der Waals surface area contributed by atoms with E-state index in [4.69, 9.17) is 10.5 Å². The van der Waals surface area contributed by atoms with E-state index in [2.05, 4.69) is 0 Å². The Balaban J connectivity index is 3.72. The highest BCUT2D eigenvalue weighted by Gasteiger charge is 2.17. The van der Waals surface area contributed by atoms with Crippen LogP contribution >= 0.6 is 0 Å². The summed E-state index contributed by atoms with van der Waals surface area (Å²) in [6, 6.07) is -0.465. The van der Waals surface area contributed by atoms with Crippen LogP contribution < -0.4 is 5.73 Å². The van der Waals surface area contributed by atoms with Gasteiger partial charge in [0, 0.05) is 0 Å². The summed E-state index contributed by atoms with van der Waals surface area (Å²) in [4.78, 5) is 11.1. The first kappa shape index (κ1) is 11.4. The summed E-state index contributed by atoms with van der Waals surface area (Å²) in [5.74, 6) is -0.299. The molecule has 0 amide bonds. The minimum absolute atomic E-state index is 0.0170. The second-order valence-corrected chi connectivity index (χ2v) is 4.18. The van der Waals surface area contributed by atoms with Gasteiger partial charge in [-0.1, -0.05) is 27.7 Å². The first-order valence-electron chi connectivity index (χ1n) is 4.29. The van der Waals surface area contributed by atoms with Gasteiger partial charge in [-0.15, -0.1) is 0 Å². The number of hydrogen-bond acceptors (Lipinski definition) is 3. The molecule has 0 heterocycles. The lowest BCUT2D eigenvalue weighted by Gasteiger charge is -2.19. The maximum Gasteiger partial charge on any atom is 0.322 e. The summed E-state index contributed by atoms with van der Waals surface area (Å²) < 4.78 is 5.00. The fraction of sp³-hybridized carbons (Fsp3) is 0.889. The van der Waals surface area contributed by atoms with E-state index in [1.54, 1.807) is 0 Å². The second-order valence-electron chi connectivity index (χ2n) is 4.18. The largest absolute Gasteiger partial charge is 0.464 e. The molecule has 2 N–H and O–H groups in total. The highest BCUT2D eigenvalue weighted by molar-refractivity contribution is 5.75. The molecule has 0 fully saturated rings. The molecular formula is C9H19NO2. The van der Waals surface area contributed by atoms with Crippen molar-refractivity contribution in [3.63, 3.8) is 0 Å². The Labute approximate surface area is 74.3 Å². The predicted molar refractivity (Wildman–Crippen MR) is 48.7 cm³/mol. The van der Waals surface area contributed by atoms with Gasteiger partial charge in [-0.05, 0) is 11.8 Å². The third-order valence-corrected chi connectivity index (χ3v) is 1.39. The van der Waals surface area contributed by atoms with Crippen LogP contribution in [0.2, 0.25) is 0 Å². The van der Waals surface area contributed by atoms with Gasteiger partial charge in [0.2, 0.25) is 0 Å². The van der Waals surface area contributed by atoms with Crippen molar-refractivity contribution in [1.29, 1.82) is 0 Å². The zero-order valence-corrected chi connectivity index (χ0v) is 8.39. The fourth-order valence-corrected chi connectivity index (χ4v) is 0.561. The molecule has 0 aromatic heterocycles. The smallest absolute Gasteiger partial charge is 0.322 e. The van der Waals surface area contributed by atoms with Crippen LogP contribution in [0.3, 0.4) is 0 Å². The summed E-state index contributed by atoms with van der Waals surface area (Å²) in [7, 11) is 0. The van der Waals surface area contributed by atoms with E-state index in [-0.39, 0.29) is 11.4 Å². The SMILES string of the molecule is CCC(N)C(=O)OCC(C)(C)C.